The number of pyridine rings is 1. The molecule has 5 rings (SSSR count). The van der Waals surface area contributed by atoms with Gasteiger partial charge in [0.25, 0.3) is 5.91 Å². The molecule has 2 fully saturated rings. The molecule has 36 heavy (non-hydrogen) atoms. The minimum atomic E-state index is -4.63. The zero-order chi connectivity index (χ0) is 25.3. The first-order valence-corrected chi connectivity index (χ1v) is 12.1. The molecule has 1 saturated carbocycles. The van der Waals surface area contributed by atoms with Gasteiger partial charge in [-0.25, -0.2) is 4.98 Å². The van der Waals surface area contributed by atoms with Gasteiger partial charge in [-0.1, -0.05) is 18.9 Å². The Morgan fingerprint density at radius 3 is 2.50 bits per heavy atom. The fourth-order valence-electron chi connectivity index (χ4n) is 4.99. The smallest absolute Gasteiger partial charge is 0.339 e. The summed E-state index contributed by atoms with van der Waals surface area (Å²) >= 11 is 0. The Hall–Kier alpha value is -3.47. The van der Waals surface area contributed by atoms with Gasteiger partial charge in [0.1, 0.15) is 17.9 Å². The molecule has 1 N–H and O–H groups in total. The minimum Gasteiger partial charge on any atom is -0.339 e. The molecule has 1 aliphatic carbocycles. The molecule has 190 valence electrons. The first kappa shape index (κ1) is 24.2. The predicted molar refractivity (Wildman–Crippen MR) is 127 cm³/mol. The number of alkyl halides is 3. The molecule has 1 saturated heterocycles. The van der Waals surface area contributed by atoms with Gasteiger partial charge < -0.3 is 10.2 Å². The number of halogens is 3. The number of piperazine rings is 1. The lowest BCUT2D eigenvalue weighted by molar-refractivity contribution is -0.141. The van der Waals surface area contributed by atoms with Crippen molar-refractivity contribution in [3.05, 3.63) is 54.0 Å². The highest BCUT2D eigenvalue weighted by Gasteiger charge is 2.33. The van der Waals surface area contributed by atoms with Gasteiger partial charge in [-0.3, -0.25) is 19.2 Å². The maximum atomic E-state index is 12.9. The summed E-state index contributed by atoms with van der Waals surface area (Å²) in [7, 11) is 0. The van der Waals surface area contributed by atoms with Crippen LogP contribution in [-0.4, -0.2) is 68.6 Å². The summed E-state index contributed by atoms with van der Waals surface area (Å²) in [6.45, 7) is 3.36. The summed E-state index contributed by atoms with van der Waals surface area (Å²) in [4.78, 5) is 33.1. The van der Waals surface area contributed by atoms with E-state index < -0.39 is 17.8 Å². The molecule has 3 aromatic rings. The number of hydrogen-bond donors (Lipinski definition) is 1. The van der Waals surface area contributed by atoms with Crippen LogP contribution in [0.4, 0.5) is 18.9 Å². The topological polar surface area (TPSA) is 83.4 Å². The van der Waals surface area contributed by atoms with E-state index in [0.717, 1.165) is 38.3 Å². The molecule has 2 aromatic heterocycles. The van der Waals surface area contributed by atoms with Crippen molar-refractivity contribution < 1.29 is 22.8 Å². The number of aromatic nitrogens is 3. The fraction of sp³-hybridized carbons (Fsp3) is 0.440. The molecule has 3 heterocycles. The predicted octanol–water partition coefficient (Wildman–Crippen LogP) is 3.79. The van der Waals surface area contributed by atoms with Crippen LogP contribution in [0.2, 0.25) is 0 Å². The Balaban J connectivity index is 1.20. The molecule has 8 nitrogen and oxygen atoms in total. The Bertz CT molecular complexity index is 1260. The molecule has 0 atom stereocenters. The monoisotopic (exact) mass is 500 g/mol. The number of carbonyl (C=O) groups is 2. The molecule has 0 unspecified atom stereocenters. The van der Waals surface area contributed by atoms with Crippen LogP contribution in [0.3, 0.4) is 0 Å². The standard InChI is InChI=1S/C25H27F3N6O2/c26-25(27,28)22-7-3-6-21(30-22)24(36)29-18-8-9-20-17(14-18)15-34(31-20)16-23(35)33-12-10-32(11-13-33)19-4-1-2-5-19/h3,6-9,14-15,19H,1-2,4-5,10-13,16H2,(H,29,36). The van der Waals surface area contributed by atoms with Crippen molar-refractivity contribution >= 4 is 28.4 Å². The van der Waals surface area contributed by atoms with Gasteiger partial charge >= 0.3 is 6.18 Å². The third-order valence-electron chi connectivity index (χ3n) is 6.89. The number of amides is 2. The number of benzene rings is 1. The number of anilines is 1. The lowest BCUT2D eigenvalue weighted by Gasteiger charge is -2.38. The quantitative estimate of drug-likeness (QED) is 0.577. The number of hydrogen-bond acceptors (Lipinski definition) is 5. The van der Waals surface area contributed by atoms with E-state index in [4.69, 9.17) is 0 Å². The number of carbonyl (C=O) groups excluding carboxylic acids is 2. The van der Waals surface area contributed by atoms with E-state index in [1.165, 1.54) is 31.7 Å². The first-order chi connectivity index (χ1) is 17.3. The van der Waals surface area contributed by atoms with E-state index in [1.807, 2.05) is 4.90 Å². The largest absolute Gasteiger partial charge is 0.433 e. The van der Waals surface area contributed by atoms with Crippen LogP contribution in [0, 0.1) is 0 Å². The van der Waals surface area contributed by atoms with Crippen LogP contribution in [0.5, 0.6) is 0 Å². The first-order valence-electron chi connectivity index (χ1n) is 12.1. The SMILES string of the molecule is O=C(Nc1ccc2nn(CC(=O)N3CCN(C4CCCC4)CC3)cc2c1)c1cccc(C(F)(F)F)n1. The number of nitrogens with zero attached hydrogens (tertiary/aromatic N) is 5. The van der Waals surface area contributed by atoms with E-state index >= 15 is 0 Å². The second-order valence-corrected chi connectivity index (χ2v) is 9.32. The molecule has 2 amide bonds. The van der Waals surface area contributed by atoms with Gasteiger partial charge in [0.15, 0.2) is 0 Å². The Labute approximate surface area is 206 Å². The van der Waals surface area contributed by atoms with Crippen molar-refractivity contribution in [3.63, 3.8) is 0 Å². The van der Waals surface area contributed by atoms with Crippen molar-refractivity contribution in [1.29, 1.82) is 0 Å². The number of rotatable bonds is 5. The zero-order valence-corrected chi connectivity index (χ0v) is 19.7. The van der Waals surface area contributed by atoms with Gasteiger partial charge in [-0.05, 0) is 43.2 Å². The number of nitrogens with one attached hydrogen (secondary N) is 1. The van der Waals surface area contributed by atoms with Gasteiger partial charge in [0, 0.05) is 49.5 Å². The maximum absolute atomic E-state index is 12.9. The van der Waals surface area contributed by atoms with E-state index in [2.05, 4.69) is 20.3 Å². The second-order valence-electron chi connectivity index (χ2n) is 9.32. The molecule has 0 spiro atoms. The van der Waals surface area contributed by atoms with E-state index in [9.17, 15) is 22.8 Å². The molecule has 0 radical (unpaired) electrons. The fourth-order valence-corrected chi connectivity index (χ4v) is 4.99. The van der Waals surface area contributed by atoms with Crippen LogP contribution in [0.1, 0.15) is 41.9 Å². The van der Waals surface area contributed by atoms with Crippen LogP contribution < -0.4 is 5.32 Å². The highest BCUT2D eigenvalue weighted by atomic mass is 19.4. The van der Waals surface area contributed by atoms with Crippen molar-refractivity contribution in [2.75, 3.05) is 31.5 Å². The van der Waals surface area contributed by atoms with E-state index in [0.29, 0.717) is 22.6 Å². The van der Waals surface area contributed by atoms with Crippen LogP contribution >= 0.6 is 0 Å². The van der Waals surface area contributed by atoms with Crippen LogP contribution in [0.15, 0.2) is 42.6 Å². The van der Waals surface area contributed by atoms with Crippen molar-refractivity contribution in [1.82, 2.24) is 24.6 Å². The normalized spacial score (nSPS) is 17.6. The third kappa shape index (κ3) is 5.35. The Kier molecular flexibility index (Phi) is 6.65. The summed E-state index contributed by atoms with van der Waals surface area (Å²) in [5.74, 6) is -0.738. The summed E-state index contributed by atoms with van der Waals surface area (Å²) < 4.78 is 40.3. The van der Waals surface area contributed by atoms with E-state index in [-0.39, 0.29) is 18.1 Å². The summed E-state index contributed by atoms with van der Waals surface area (Å²) in [6, 6.07) is 8.80. The molecule has 11 heteroatoms. The minimum absolute atomic E-state index is 0.0121. The van der Waals surface area contributed by atoms with Crippen molar-refractivity contribution in [3.8, 4) is 0 Å². The Morgan fingerprint density at radius 2 is 1.78 bits per heavy atom. The average molecular weight is 501 g/mol. The third-order valence-corrected chi connectivity index (χ3v) is 6.89. The lowest BCUT2D eigenvalue weighted by Crippen LogP contribution is -2.52. The Morgan fingerprint density at radius 1 is 1.03 bits per heavy atom. The maximum Gasteiger partial charge on any atom is 0.433 e. The number of fused-ring (bicyclic) bond motifs is 1. The summed E-state index contributed by atoms with van der Waals surface area (Å²) in [5, 5.41) is 7.72. The van der Waals surface area contributed by atoms with Gasteiger partial charge in [0.2, 0.25) is 5.91 Å². The molecular formula is C25H27F3N6O2. The highest BCUT2D eigenvalue weighted by molar-refractivity contribution is 6.03. The molecule has 1 aliphatic heterocycles. The van der Waals surface area contributed by atoms with E-state index in [1.54, 1.807) is 29.1 Å². The lowest BCUT2D eigenvalue weighted by atomic mass is 10.2. The molecule has 0 bridgehead atoms. The highest BCUT2D eigenvalue weighted by Crippen LogP contribution is 2.28. The molecule has 2 aliphatic rings. The average Bonchev–Trinajstić information content (AvgIpc) is 3.53. The van der Waals surface area contributed by atoms with Crippen molar-refractivity contribution in [2.24, 2.45) is 0 Å². The van der Waals surface area contributed by atoms with Gasteiger partial charge in [0.05, 0.1) is 5.52 Å². The molecule has 1 aromatic carbocycles. The van der Waals surface area contributed by atoms with Gasteiger partial charge in [-0.2, -0.15) is 18.3 Å². The molecular weight excluding hydrogens is 473 g/mol. The van der Waals surface area contributed by atoms with Crippen molar-refractivity contribution in [2.45, 2.75) is 44.4 Å². The second kappa shape index (κ2) is 9.88. The summed E-state index contributed by atoms with van der Waals surface area (Å²) in [6.07, 6.45) is 2.19. The van der Waals surface area contributed by atoms with Gasteiger partial charge in [-0.15, -0.1) is 0 Å². The zero-order valence-electron chi connectivity index (χ0n) is 19.7. The summed E-state index contributed by atoms with van der Waals surface area (Å²) in [5.41, 5.74) is -0.430. The van der Waals surface area contributed by atoms with Crippen LogP contribution in [-0.2, 0) is 17.5 Å². The van der Waals surface area contributed by atoms with Crippen LogP contribution in [0.25, 0.3) is 10.9 Å².